The highest BCUT2D eigenvalue weighted by atomic mass is 16.3. The molecule has 1 unspecified atom stereocenters. The highest BCUT2D eigenvalue weighted by Crippen LogP contribution is 2.12. The summed E-state index contributed by atoms with van der Waals surface area (Å²) in [6.07, 6.45) is 4.10. The van der Waals surface area contributed by atoms with E-state index < -0.39 is 0 Å². The Morgan fingerprint density at radius 1 is 1.41 bits per heavy atom. The number of aliphatic hydroxyl groups is 1. The lowest BCUT2D eigenvalue weighted by Crippen LogP contribution is -2.26. The standard InChI is InChI=1S/C10H16N6O/c1-7(2)3-8(6-17)12-9-4-11-5-10-13-14-15-16(9)10/h4-5,7-8,12,17H,3,6H2,1-2H3. The zero-order valence-electron chi connectivity index (χ0n) is 9.91. The average molecular weight is 236 g/mol. The quantitative estimate of drug-likeness (QED) is 0.778. The first-order valence-electron chi connectivity index (χ1n) is 5.60. The van der Waals surface area contributed by atoms with Gasteiger partial charge in [0.25, 0.3) is 0 Å². The second kappa shape index (κ2) is 5.05. The van der Waals surface area contributed by atoms with Crippen LogP contribution < -0.4 is 5.32 Å². The SMILES string of the molecule is CC(C)CC(CO)Nc1cncc2nnnn12. The van der Waals surface area contributed by atoms with Gasteiger partial charge in [0.15, 0.2) is 11.5 Å². The molecule has 0 bridgehead atoms. The number of hydrogen-bond acceptors (Lipinski definition) is 6. The summed E-state index contributed by atoms with van der Waals surface area (Å²) < 4.78 is 1.57. The molecule has 7 heteroatoms. The van der Waals surface area contributed by atoms with Crippen molar-refractivity contribution in [2.24, 2.45) is 5.92 Å². The third-order valence-electron chi connectivity index (χ3n) is 2.44. The number of nitrogens with one attached hydrogen (secondary N) is 1. The van der Waals surface area contributed by atoms with Crippen molar-refractivity contribution < 1.29 is 5.11 Å². The molecule has 2 N–H and O–H groups in total. The van der Waals surface area contributed by atoms with Crippen molar-refractivity contribution in [2.45, 2.75) is 26.3 Å². The van der Waals surface area contributed by atoms with E-state index in [1.165, 1.54) is 0 Å². The molecule has 0 amide bonds. The average Bonchev–Trinajstić information content (AvgIpc) is 2.76. The normalized spacial score (nSPS) is 13.2. The summed E-state index contributed by atoms with van der Waals surface area (Å²) >= 11 is 0. The second-order valence-electron chi connectivity index (χ2n) is 4.39. The maximum atomic E-state index is 9.32. The third-order valence-corrected chi connectivity index (χ3v) is 2.44. The van der Waals surface area contributed by atoms with Crippen LogP contribution in [0.4, 0.5) is 5.82 Å². The van der Waals surface area contributed by atoms with Gasteiger partial charge < -0.3 is 10.4 Å². The number of nitrogens with zero attached hydrogens (tertiary/aromatic N) is 5. The number of tetrazole rings is 1. The molecular weight excluding hydrogens is 220 g/mol. The second-order valence-corrected chi connectivity index (χ2v) is 4.39. The molecule has 0 aliphatic heterocycles. The topological polar surface area (TPSA) is 88.2 Å². The van der Waals surface area contributed by atoms with E-state index in [0.29, 0.717) is 17.4 Å². The molecule has 2 aromatic rings. The molecular formula is C10H16N6O. The van der Waals surface area contributed by atoms with Crippen LogP contribution in [0.25, 0.3) is 5.65 Å². The monoisotopic (exact) mass is 236 g/mol. The van der Waals surface area contributed by atoms with Crippen LogP contribution in [-0.2, 0) is 0 Å². The largest absolute Gasteiger partial charge is 0.394 e. The summed E-state index contributed by atoms with van der Waals surface area (Å²) in [6, 6.07) is -0.0217. The van der Waals surface area contributed by atoms with Gasteiger partial charge in [-0.3, -0.25) is 4.98 Å². The van der Waals surface area contributed by atoms with Crippen molar-refractivity contribution >= 4 is 11.5 Å². The minimum Gasteiger partial charge on any atom is -0.394 e. The summed E-state index contributed by atoms with van der Waals surface area (Å²) in [5.41, 5.74) is 0.580. The fourth-order valence-electron chi connectivity index (χ4n) is 1.73. The molecule has 0 fully saturated rings. The van der Waals surface area contributed by atoms with E-state index in [2.05, 4.69) is 39.7 Å². The molecule has 0 radical (unpaired) electrons. The zero-order valence-corrected chi connectivity index (χ0v) is 9.91. The summed E-state index contributed by atoms with van der Waals surface area (Å²) in [4.78, 5) is 4.04. The van der Waals surface area contributed by atoms with Crippen LogP contribution in [0.5, 0.6) is 0 Å². The molecule has 2 aromatic heterocycles. The smallest absolute Gasteiger partial charge is 0.199 e. The first kappa shape index (κ1) is 11.7. The molecule has 7 nitrogen and oxygen atoms in total. The van der Waals surface area contributed by atoms with Gasteiger partial charge in [0.1, 0.15) is 0 Å². The molecule has 0 spiro atoms. The van der Waals surface area contributed by atoms with Crippen molar-refractivity contribution in [3.63, 3.8) is 0 Å². The molecule has 17 heavy (non-hydrogen) atoms. The van der Waals surface area contributed by atoms with E-state index in [9.17, 15) is 5.11 Å². The molecule has 0 saturated carbocycles. The summed E-state index contributed by atoms with van der Waals surface area (Å²) in [7, 11) is 0. The van der Waals surface area contributed by atoms with Gasteiger partial charge in [0, 0.05) is 0 Å². The number of anilines is 1. The van der Waals surface area contributed by atoms with E-state index >= 15 is 0 Å². The molecule has 0 saturated heterocycles. The van der Waals surface area contributed by atoms with Crippen molar-refractivity contribution in [1.82, 2.24) is 25.0 Å². The number of rotatable bonds is 5. The van der Waals surface area contributed by atoms with Gasteiger partial charge in [-0.1, -0.05) is 13.8 Å². The Morgan fingerprint density at radius 3 is 2.94 bits per heavy atom. The lowest BCUT2D eigenvalue weighted by atomic mass is 10.0. The van der Waals surface area contributed by atoms with Gasteiger partial charge in [0.05, 0.1) is 25.0 Å². The van der Waals surface area contributed by atoms with Gasteiger partial charge in [-0.25, -0.2) is 0 Å². The zero-order chi connectivity index (χ0) is 12.3. The Hall–Kier alpha value is -1.76. The van der Waals surface area contributed by atoms with E-state index in [1.807, 2.05) is 0 Å². The van der Waals surface area contributed by atoms with E-state index in [1.54, 1.807) is 16.9 Å². The molecule has 2 heterocycles. The minimum atomic E-state index is -0.0217. The van der Waals surface area contributed by atoms with Gasteiger partial charge in [-0.15, -0.1) is 5.10 Å². The van der Waals surface area contributed by atoms with Crippen molar-refractivity contribution in [1.29, 1.82) is 0 Å². The van der Waals surface area contributed by atoms with Crippen LogP contribution >= 0.6 is 0 Å². The Morgan fingerprint density at radius 2 is 2.24 bits per heavy atom. The first-order chi connectivity index (χ1) is 8.20. The molecule has 0 aliphatic carbocycles. The summed E-state index contributed by atoms with van der Waals surface area (Å²) in [5.74, 6) is 1.19. The fourth-order valence-corrected chi connectivity index (χ4v) is 1.73. The van der Waals surface area contributed by atoms with Gasteiger partial charge >= 0.3 is 0 Å². The van der Waals surface area contributed by atoms with Crippen LogP contribution in [0.2, 0.25) is 0 Å². The predicted molar refractivity (Wildman–Crippen MR) is 62.5 cm³/mol. The minimum absolute atomic E-state index is 0.0217. The summed E-state index contributed by atoms with van der Waals surface area (Å²) in [5, 5.41) is 23.8. The van der Waals surface area contributed by atoms with Gasteiger partial charge in [-0.2, -0.15) is 4.52 Å². The lowest BCUT2D eigenvalue weighted by Gasteiger charge is -2.19. The van der Waals surface area contributed by atoms with Gasteiger partial charge in [-0.05, 0) is 22.8 Å². The number of aromatic nitrogens is 5. The van der Waals surface area contributed by atoms with Crippen molar-refractivity contribution in [3.8, 4) is 0 Å². The molecule has 0 aliphatic rings. The Labute approximate surface area is 98.9 Å². The number of hydrogen-bond donors (Lipinski definition) is 2. The van der Waals surface area contributed by atoms with Crippen molar-refractivity contribution in [3.05, 3.63) is 12.4 Å². The van der Waals surface area contributed by atoms with Crippen LogP contribution in [0.3, 0.4) is 0 Å². The highest BCUT2D eigenvalue weighted by molar-refractivity contribution is 5.44. The van der Waals surface area contributed by atoms with Crippen LogP contribution in [0.1, 0.15) is 20.3 Å². The first-order valence-corrected chi connectivity index (χ1v) is 5.60. The van der Waals surface area contributed by atoms with Crippen LogP contribution in [-0.4, -0.2) is 42.8 Å². The number of fused-ring (bicyclic) bond motifs is 1. The summed E-state index contributed by atoms with van der Waals surface area (Å²) in [6.45, 7) is 4.29. The fraction of sp³-hybridized carbons (Fsp3) is 0.600. The van der Waals surface area contributed by atoms with Gasteiger partial charge in [0.2, 0.25) is 0 Å². The molecule has 2 rings (SSSR count). The van der Waals surface area contributed by atoms with E-state index in [4.69, 9.17) is 0 Å². The molecule has 1 atom stereocenters. The predicted octanol–water partition coefficient (Wildman–Crippen LogP) is 0.338. The molecule has 0 aromatic carbocycles. The Kier molecular flexibility index (Phi) is 3.48. The lowest BCUT2D eigenvalue weighted by molar-refractivity contribution is 0.259. The maximum absolute atomic E-state index is 9.32. The van der Waals surface area contributed by atoms with Crippen LogP contribution in [0.15, 0.2) is 12.4 Å². The molecule has 92 valence electrons. The van der Waals surface area contributed by atoms with Crippen LogP contribution in [0, 0.1) is 5.92 Å². The third kappa shape index (κ3) is 2.68. The number of aliphatic hydroxyl groups excluding tert-OH is 1. The van der Waals surface area contributed by atoms with E-state index in [-0.39, 0.29) is 12.6 Å². The van der Waals surface area contributed by atoms with E-state index in [0.717, 1.165) is 6.42 Å². The maximum Gasteiger partial charge on any atom is 0.199 e. The Balaban J connectivity index is 2.19. The highest BCUT2D eigenvalue weighted by Gasteiger charge is 2.12. The van der Waals surface area contributed by atoms with Crippen molar-refractivity contribution in [2.75, 3.05) is 11.9 Å². The Bertz CT molecular complexity index is 482.